The summed E-state index contributed by atoms with van der Waals surface area (Å²) in [5, 5.41) is 7.12. The molecule has 0 saturated heterocycles. The van der Waals surface area contributed by atoms with E-state index in [2.05, 4.69) is 0 Å². The summed E-state index contributed by atoms with van der Waals surface area (Å²) in [7, 11) is 0. The van der Waals surface area contributed by atoms with Crippen LogP contribution in [0, 0.1) is 6.92 Å². The van der Waals surface area contributed by atoms with Crippen molar-refractivity contribution in [2.24, 2.45) is 11.5 Å². The molecule has 0 unspecified atom stereocenters. The third kappa shape index (κ3) is 6.30. The molecule has 5 N–H and O–H groups in total. The van der Waals surface area contributed by atoms with Gasteiger partial charge in [-0.05, 0) is 24.1 Å². The number of carboxylic acid groups (broad SMARTS) is 1. The van der Waals surface area contributed by atoms with Crippen LogP contribution < -0.4 is 16.2 Å². The smallest absolute Gasteiger partial charge is 0.490 e. The molecular formula is C18H19F3N2O4. The predicted octanol–water partition coefficient (Wildman–Crippen LogP) is 2.73. The van der Waals surface area contributed by atoms with Gasteiger partial charge in [-0.3, -0.25) is 4.79 Å². The first kappa shape index (κ1) is 22.0. The zero-order valence-electron chi connectivity index (χ0n) is 14.4. The normalized spacial score (nSPS) is 10.6. The fourth-order valence-corrected chi connectivity index (χ4v) is 2.13. The maximum Gasteiger partial charge on any atom is 0.490 e. The van der Waals surface area contributed by atoms with Crippen molar-refractivity contribution in [2.75, 3.05) is 13.2 Å². The van der Waals surface area contributed by atoms with Gasteiger partial charge in [0.15, 0.2) is 0 Å². The number of hydrogen-bond acceptors (Lipinski definition) is 4. The molecule has 0 atom stereocenters. The van der Waals surface area contributed by atoms with Gasteiger partial charge in [-0.25, -0.2) is 4.79 Å². The van der Waals surface area contributed by atoms with Gasteiger partial charge in [-0.15, -0.1) is 0 Å². The molecular weight excluding hydrogens is 365 g/mol. The summed E-state index contributed by atoms with van der Waals surface area (Å²) >= 11 is 0. The third-order valence-electron chi connectivity index (χ3n) is 3.32. The van der Waals surface area contributed by atoms with Crippen molar-refractivity contribution in [1.29, 1.82) is 0 Å². The number of para-hydroxylation sites is 1. The van der Waals surface area contributed by atoms with Crippen molar-refractivity contribution in [2.45, 2.75) is 13.1 Å². The second-order valence-corrected chi connectivity index (χ2v) is 5.30. The summed E-state index contributed by atoms with van der Waals surface area (Å²) in [6.45, 7) is 2.72. The number of benzene rings is 2. The van der Waals surface area contributed by atoms with E-state index in [1.54, 1.807) is 12.1 Å². The molecule has 0 radical (unpaired) electrons. The lowest BCUT2D eigenvalue weighted by Crippen LogP contribution is -2.21. The highest BCUT2D eigenvalue weighted by molar-refractivity contribution is 5.98. The van der Waals surface area contributed by atoms with Gasteiger partial charge >= 0.3 is 12.1 Å². The van der Waals surface area contributed by atoms with Gasteiger partial charge in [-0.2, -0.15) is 13.2 Å². The van der Waals surface area contributed by atoms with Crippen molar-refractivity contribution >= 4 is 11.9 Å². The number of aliphatic carboxylic acids is 1. The van der Waals surface area contributed by atoms with E-state index >= 15 is 0 Å². The lowest BCUT2D eigenvalue weighted by Gasteiger charge is -2.15. The van der Waals surface area contributed by atoms with Crippen LogP contribution in [0.2, 0.25) is 0 Å². The Hall–Kier alpha value is -3.07. The van der Waals surface area contributed by atoms with Crippen molar-refractivity contribution in [1.82, 2.24) is 0 Å². The molecule has 9 heteroatoms. The third-order valence-corrected chi connectivity index (χ3v) is 3.32. The zero-order valence-corrected chi connectivity index (χ0v) is 14.4. The van der Waals surface area contributed by atoms with Crippen LogP contribution in [0.25, 0.3) is 11.1 Å². The van der Waals surface area contributed by atoms with E-state index < -0.39 is 18.1 Å². The Morgan fingerprint density at radius 1 is 1.07 bits per heavy atom. The highest BCUT2D eigenvalue weighted by atomic mass is 19.4. The van der Waals surface area contributed by atoms with E-state index in [9.17, 15) is 18.0 Å². The molecule has 0 aliphatic carbocycles. The summed E-state index contributed by atoms with van der Waals surface area (Å²) in [5.41, 5.74) is 14.2. The van der Waals surface area contributed by atoms with E-state index in [0.29, 0.717) is 24.5 Å². The van der Waals surface area contributed by atoms with Crippen LogP contribution in [0.5, 0.6) is 5.75 Å². The summed E-state index contributed by atoms with van der Waals surface area (Å²) in [6.07, 6.45) is -5.08. The summed E-state index contributed by atoms with van der Waals surface area (Å²) in [6, 6.07) is 13.3. The lowest BCUT2D eigenvalue weighted by molar-refractivity contribution is -0.192. The predicted molar refractivity (Wildman–Crippen MR) is 93.4 cm³/mol. The van der Waals surface area contributed by atoms with E-state index in [4.69, 9.17) is 26.1 Å². The molecule has 6 nitrogen and oxygen atoms in total. The zero-order chi connectivity index (χ0) is 20.6. The maximum absolute atomic E-state index is 11.6. The van der Waals surface area contributed by atoms with Gasteiger partial charge in [0.25, 0.3) is 5.91 Å². The minimum absolute atomic E-state index is 0.336. The van der Waals surface area contributed by atoms with Gasteiger partial charge in [0.1, 0.15) is 12.4 Å². The number of nitrogens with two attached hydrogens (primary N) is 2. The molecule has 0 aromatic heterocycles. The molecule has 0 bridgehead atoms. The lowest BCUT2D eigenvalue weighted by atomic mass is 9.97. The summed E-state index contributed by atoms with van der Waals surface area (Å²) in [5.74, 6) is -2.76. The Balaban J connectivity index is 0.000000445. The van der Waals surface area contributed by atoms with E-state index in [1.807, 2.05) is 37.3 Å². The number of rotatable bonds is 5. The molecule has 0 aliphatic rings. The number of halogens is 3. The molecule has 2 aromatic carbocycles. The molecule has 0 saturated carbocycles. The van der Waals surface area contributed by atoms with E-state index in [1.165, 1.54) is 0 Å². The van der Waals surface area contributed by atoms with Gasteiger partial charge < -0.3 is 21.3 Å². The Bertz CT molecular complexity index is 807. The SMILES string of the molecule is Cc1ccccc1-c1cccc(C(N)=O)c1OCCN.O=C(O)C(F)(F)F. The first-order valence-electron chi connectivity index (χ1n) is 7.71. The van der Waals surface area contributed by atoms with E-state index in [0.717, 1.165) is 16.7 Å². The largest absolute Gasteiger partial charge is 0.491 e. The van der Waals surface area contributed by atoms with Crippen molar-refractivity contribution in [3.05, 3.63) is 53.6 Å². The first-order chi connectivity index (χ1) is 12.6. The van der Waals surface area contributed by atoms with Crippen LogP contribution in [0.4, 0.5) is 13.2 Å². The quantitative estimate of drug-likeness (QED) is 0.733. The molecule has 27 heavy (non-hydrogen) atoms. The van der Waals surface area contributed by atoms with Crippen LogP contribution in [-0.4, -0.2) is 36.3 Å². The van der Waals surface area contributed by atoms with Crippen LogP contribution in [-0.2, 0) is 4.79 Å². The van der Waals surface area contributed by atoms with Crippen LogP contribution in [0.3, 0.4) is 0 Å². The first-order valence-corrected chi connectivity index (χ1v) is 7.71. The molecule has 1 amide bonds. The van der Waals surface area contributed by atoms with Crippen molar-refractivity contribution in [3.8, 4) is 16.9 Å². The molecule has 146 valence electrons. The number of alkyl halides is 3. The molecule has 0 fully saturated rings. The van der Waals surface area contributed by atoms with Gasteiger partial charge in [0.2, 0.25) is 0 Å². The highest BCUT2D eigenvalue weighted by Crippen LogP contribution is 2.34. The molecule has 2 rings (SSSR count). The number of hydrogen-bond donors (Lipinski definition) is 3. The maximum atomic E-state index is 11.6. The Labute approximate surface area is 153 Å². The minimum Gasteiger partial charge on any atom is -0.491 e. The van der Waals surface area contributed by atoms with Gasteiger partial charge in [0.05, 0.1) is 5.56 Å². The number of carbonyl (C=O) groups excluding carboxylic acids is 1. The highest BCUT2D eigenvalue weighted by Gasteiger charge is 2.38. The standard InChI is InChI=1S/C16H18N2O2.C2HF3O2/c1-11-5-2-3-6-12(11)13-7-4-8-14(16(18)19)15(13)20-10-9-17;3-2(4,5)1(6)7/h2-8H,9-10,17H2,1H3,(H2,18,19);(H,6,7). The fourth-order valence-electron chi connectivity index (χ4n) is 2.13. The monoisotopic (exact) mass is 384 g/mol. The van der Waals surface area contributed by atoms with Crippen molar-refractivity contribution < 1.29 is 32.6 Å². The van der Waals surface area contributed by atoms with Gasteiger partial charge in [-0.1, -0.05) is 36.4 Å². The summed E-state index contributed by atoms with van der Waals surface area (Å²) < 4.78 is 37.4. The number of amides is 1. The molecule has 0 spiro atoms. The van der Waals surface area contributed by atoms with Crippen LogP contribution in [0.15, 0.2) is 42.5 Å². The number of carboxylic acids is 1. The average molecular weight is 384 g/mol. The Morgan fingerprint density at radius 3 is 2.11 bits per heavy atom. The number of primary amides is 1. The Morgan fingerprint density at radius 2 is 1.63 bits per heavy atom. The topological polar surface area (TPSA) is 116 Å². The second-order valence-electron chi connectivity index (χ2n) is 5.30. The van der Waals surface area contributed by atoms with Crippen LogP contribution >= 0.6 is 0 Å². The van der Waals surface area contributed by atoms with E-state index in [-0.39, 0.29) is 0 Å². The molecule has 2 aromatic rings. The number of ether oxygens (including phenoxy) is 1. The molecule has 0 aliphatic heterocycles. The molecule has 0 heterocycles. The summed E-state index contributed by atoms with van der Waals surface area (Å²) in [4.78, 5) is 20.5. The van der Waals surface area contributed by atoms with Gasteiger partial charge in [0, 0.05) is 12.1 Å². The van der Waals surface area contributed by atoms with Crippen LogP contribution in [0.1, 0.15) is 15.9 Å². The average Bonchev–Trinajstić information content (AvgIpc) is 2.59. The fraction of sp³-hybridized carbons (Fsp3) is 0.222. The minimum atomic E-state index is -5.08. The Kier molecular flexibility index (Phi) is 7.79. The number of aryl methyl sites for hydroxylation is 1. The second kappa shape index (κ2) is 9.58. The number of carbonyl (C=O) groups is 2. The van der Waals surface area contributed by atoms with Crippen molar-refractivity contribution in [3.63, 3.8) is 0 Å².